The summed E-state index contributed by atoms with van der Waals surface area (Å²) in [6, 6.07) is 51.4. The fraction of sp³-hybridized carbons (Fsp3) is 0.559. The Morgan fingerprint density at radius 3 is 0.928 bits per heavy atom. The number of benzene rings is 4. The molecular weight excluding hydrogens is 1720 g/mol. The van der Waals surface area contributed by atoms with Gasteiger partial charge in [-0.25, -0.2) is 9.97 Å². The highest BCUT2D eigenvalue weighted by atomic mass is 16.5. The van der Waals surface area contributed by atoms with Crippen molar-refractivity contribution >= 4 is 11.6 Å². The Morgan fingerprint density at radius 2 is 0.623 bits per heavy atom. The number of ether oxygens (including phenoxy) is 6. The zero-order valence-corrected chi connectivity index (χ0v) is 82.9. The Hall–Kier alpha value is -9.16. The fourth-order valence-corrected chi connectivity index (χ4v) is 23.4. The number of aliphatic hydroxyl groups excluding tert-OH is 4. The standard InChI is InChI=1S/2C30H40N2O2.2C29H39N3O3/c2*1-22(33)30(28-14-4-3-13-27(28)23-10-8-11-23)32-19-18-26(21-32)34-20-7-6-12-25-17-16-24-9-2-5-15-29(24)31-25;2*1-20(33)28(25-11-4-3-10-24(25)26-18-27(26)34-2)32-16-14-23(19-32)35-17-6-5-9-22-13-12-21-8-7-15-30-29(21)31-22/h2*3-4,13-14,16-17,23,26,30,33H,1-2,5-12,15,18-21H2;2*3-4,10-13,23,26-28,33H,1,5-9,14-19H2,2H3,(H,30,31)/t26-,30?;26-,30+;23-,26-,27+,28+;23-,26-,27+,28-/m1111/s1. The summed E-state index contributed by atoms with van der Waals surface area (Å²) in [6.07, 6.45) is 42.3. The number of hydrogen-bond donors (Lipinski definition) is 6. The molecule has 20 nitrogen and oxygen atoms in total. The Balaban J connectivity index is 0.000000127. The number of methoxy groups -OCH3 is 2. The van der Waals surface area contributed by atoms with Crippen molar-refractivity contribution in [2.45, 2.75) is 316 Å². The summed E-state index contributed by atoms with van der Waals surface area (Å²) in [7, 11) is 3.55. The van der Waals surface area contributed by atoms with Crippen molar-refractivity contribution in [3.63, 3.8) is 0 Å². The molecule has 6 aliphatic carbocycles. The van der Waals surface area contributed by atoms with Crippen molar-refractivity contribution in [2.24, 2.45) is 0 Å². The number of hydrogen-bond acceptors (Lipinski definition) is 20. The van der Waals surface area contributed by atoms with Crippen LogP contribution in [0.4, 0.5) is 11.6 Å². The first-order valence-corrected chi connectivity index (χ1v) is 53.4. The molecule has 20 heteroatoms. The molecule has 4 saturated heterocycles. The molecule has 6 aliphatic heterocycles. The van der Waals surface area contributed by atoms with Gasteiger partial charge in [-0.3, -0.25) is 29.6 Å². The first kappa shape index (κ1) is 100. The summed E-state index contributed by atoms with van der Waals surface area (Å²) in [5.41, 5.74) is 23.2. The van der Waals surface area contributed by atoms with E-state index in [0.717, 1.165) is 256 Å². The van der Waals surface area contributed by atoms with Crippen molar-refractivity contribution in [3.8, 4) is 0 Å². The molecule has 12 atom stereocenters. The number of anilines is 2. The normalized spacial score (nSPS) is 23.1. The zero-order valence-electron chi connectivity index (χ0n) is 82.9. The van der Waals surface area contributed by atoms with Gasteiger partial charge in [0, 0.05) is 152 Å². The largest absolute Gasteiger partial charge is 0.511 e. The highest BCUT2D eigenvalue weighted by molar-refractivity contribution is 5.49. The maximum atomic E-state index is 10.6. The minimum Gasteiger partial charge on any atom is -0.511 e. The van der Waals surface area contributed by atoms with Crippen LogP contribution in [0.25, 0.3) is 0 Å². The highest BCUT2D eigenvalue weighted by Gasteiger charge is 2.45. The molecule has 4 aromatic heterocycles. The minimum atomic E-state index is -0.193. The Labute approximate surface area is 823 Å². The summed E-state index contributed by atoms with van der Waals surface area (Å²) >= 11 is 0. The number of nitrogens with one attached hydrogen (secondary N) is 2. The molecule has 0 radical (unpaired) electrons. The lowest BCUT2D eigenvalue weighted by atomic mass is 9.77. The van der Waals surface area contributed by atoms with Gasteiger partial charge in [-0.1, -0.05) is 160 Å². The second-order valence-electron chi connectivity index (χ2n) is 41.4. The fourth-order valence-electron chi connectivity index (χ4n) is 23.4. The molecular formula is C118H158N10O10. The van der Waals surface area contributed by atoms with Crippen molar-refractivity contribution in [1.82, 2.24) is 39.5 Å². The minimum absolute atomic E-state index is 0.125. The van der Waals surface area contributed by atoms with Gasteiger partial charge in [-0.2, -0.15) is 0 Å². The number of pyridine rings is 4. The van der Waals surface area contributed by atoms with Gasteiger partial charge in [0.1, 0.15) is 34.7 Å². The van der Waals surface area contributed by atoms with Gasteiger partial charge >= 0.3 is 0 Å². The van der Waals surface area contributed by atoms with Crippen LogP contribution in [0.2, 0.25) is 0 Å². The lowest BCUT2D eigenvalue weighted by Crippen LogP contribution is -2.30. The van der Waals surface area contributed by atoms with E-state index in [1.165, 1.54) is 180 Å². The van der Waals surface area contributed by atoms with Crippen molar-refractivity contribution < 1.29 is 48.8 Å². The summed E-state index contributed by atoms with van der Waals surface area (Å²) < 4.78 is 36.1. The molecule has 0 spiro atoms. The predicted molar refractivity (Wildman–Crippen MR) is 553 cm³/mol. The maximum Gasteiger partial charge on any atom is 0.129 e. The van der Waals surface area contributed by atoms with E-state index in [9.17, 15) is 20.4 Å². The van der Waals surface area contributed by atoms with Gasteiger partial charge in [0.25, 0.3) is 0 Å². The molecule has 0 amide bonds. The molecule has 0 bridgehead atoms. The van der Waals surface area contributed by atoms with Crippen LogP contribution in [-0.4, -0.2) is 203 Å². The molecule has 8 aromatic rings. The number of unbranched alkanes of at least 4 members (excludes halogenated alkanes) is 4. The summed E-state index contributed by atoms with van der Waals surface area (Å²) in [5, 5.41) is 49.1. The molecule has 6 N–H and O–H groups in total. The number of fused-ring (bicyclic) bond motifs is 4. The Kier molecular flexibility index (Phi) is 36.4. The highest BCUT2D eigenvalue weighted by Crippen LogP contribution is 2.50. The van der Waals surface area contributed by atoms with E-state index in [1.807, 2.05) is 0 Å². The SMILES string of the molecule is C=C(O)C(c1ccccc1C1CCC1)N1CC[C@@H](OCCCCc2ccc3c(n2)CCCC3)C1.C=C(O)[C@@H](c1ccccc1C1CCC1)N1CC[C@@H](OCCCCc2ccc3c(n2)CCCC3)C1.C=C(O)[C@@H](c1ccccc1[C@H]1C[C@@H]1OC)N1CC[C@@H](OCCCCc2ccc3c(n2)NCCC3)C1.C=C(O)[C@H](c1ccccc1[C@H]1C[C@@H]1OC)N1CC[C@@H](OCCCCc2ccc3c(n2)NCCC3)C1. The van der Waals surface area contributed by atoms with E-state index >= 15 is 0 Å². The van der Waals surface area contributed by atoms with E-state index in [0.29, 0.717) is 23.7 Å². The van der Waals surface area contributed by atoms with E-state index in [4.69, 9.17) is 48.4 Å². The Bertz CT molecular complexity index is 4990. The third-order valence-corrected chi connectivity index (χ3v) is 31.6. The van der Waals surface area contributed by atoms with Crippen LogP contribution >= 0.6 is 0 Å². The lowest BCUT2D eigenvalue weighted by molar-refractivity contribution is 0.0522. The summed E-state index contributed by atoms with van der Waals surface area (Å²) in [5.74, 6) is 5.18. The summed E-state index contributed by atoms with van der Waals surface area (Å²) in [6.45, 7) is 28.0. The maximum absolute atomic E-state index is 10.6. The third kappa shape index (κ3) is 26.6. The van der Waals surface area contributed by atoms with Gasteiger partial charge in [0.15, 0.2) is 0 Å². The second kappa shape index (κ2) is 50.0. The quantitative estimate of drug-likeness (QED) is 0.0154. The van der Waals surface area contributed by atoms with E-state index in [1.54, 1.807) is 14.2 Å². The van der Waals surface area contributed by atoms with Gasteiger partial charge in [-0.15, -0.1) is 0 Å². The van der Waals surface area contributed by atoms with Crippen molar-refractivity contribution in [3.05, 3.63) is 296 Å². The van der Waals surface area contributed by atoms with Gasteiger partial charge in [0.05, 0.1) is 60.8 Å². The van der Waals surface area contributed by atoms with Crippen LogP contribution in [0.5, 0.6) is 0 Å². The van der Waals surface area contributed by atoms with E-state index < -0.39 is 0 Å². The topological polar surface area (TPSA) is 225 Å². The number of aryl methyl sites for hydroxylation is 10. The van der Waals surface area contributed by atoms with Crippen LogP contribution in [0.1, 0.15) is 316 Å². The molecule has 12 aliphatic rings. The number of rotatable bonds is 42. The van der Waals surface area contributed by atoms with Gasteiger partial charge in [0.2, 0.25) is 0 Å². The van der Waals surface area contributed by atoms with Gasteiger partial charge in [-0.05, 0) is 321 Å². The van der Waals surface area contributed by atoms with Crippen molar-refractivity contribution in [2.75, 3.05) is 117 Å². The lowest BCUT2D eigenvalue weighted by Gasteiger charge is -2.33. The molecule has 740 valence electrons. The predicted octanol–water partition coefficient (Wildman–Crippen LogP) is 23.2. The molecule has 4 saturated carbocycles. The molecule has 20 rings (SSSR count). The summed E-state index contributed by atoms with van der Waals surface area (Å²) in [4.78, 5) is 28.8. The average molecular weight is 1880 g/mol. The molecule has 10 heterocycles. The molecule has 4 aromatic carbocycles. The molecule has 138 heavy (non-hydrogen) atoms. The number of aliphatic hydroxyl groups is 4. The van der Waals surface area contributed by atoms with Crippen LogP contribution in [-0.2, 0) is 92.6 Å². The van der Waals surface area contributed by atoms with Crippen LogP contribution in [0, 0.1) is 0 Å². The number of aromatic nitrogens is 4. The van der Waals surface area contributed by atoms with Crippen LogP contribution in [0.3, 0.4) is 0 Å². The first-order chi connectivity index (χ1) is 67.6. The zero-order chi connectivity index (χ0) is 95.1. The van der Waals surface area contributed by atoms with E-state index in [-0.39, 0.29) is 83.8 Å². The average Bonchev–Trinajstić information content (AvgIpc) is 1.61. The number of likely N-dealkylation sites (tertiary alicyclic amines) is 4. The smallest absolute Gasteiger partial charge is 0.129 e. The van der Waals surface area contributed by atoms with Crippen LogP contribution < -0.4 is 10.6 Å². The monoisotopic (exact) mass is 1880 g/mol. The van der Waals surface area contributed by atoms with Gasteiger partial charge < -0.3 is 59.5 Å². The van der Waals surface area contributed by atoms with E-state index in [2.05, 4.69) is 202 Å². The first-order valence-electron chi connectivity index (χ1n) is 53.4. The second-order valence-corrected chi connectivity index (χ2v) is 41.4. The Morgan fingerprint density at radius 1 is 0.333 bits per heavy atom. The molecule has 8 fully saturated rings. The third-order valence-electron chi connectivity index (χ3n) is 31.6. The van der Waals surface area contributed by atoms with Crippen molar-refractivity contribution in [1.29, 1.82) is 0 Å². The molecule has 1 unspecified atom stereocenters. The number of nitrogens with zero attached hydrogens (tertiary/aromatic N) is 8. The van der Waals surface area contributed by atoms with Crippen LogP contribution in [0.15, 0.2) is 195 Å².